The fraction of sp³-hybridized carbons (Fsp3) is 0.0909. The van der Waals surface area contributed by atoms with Gasteiger partial charge in [0.25, 0.3) is 0 Å². The Kier molecular flexibility index (Phi) is 4.11. The van der Waals surface area contributed by atoms with Crippen LogP contribution in [0.25, 0.3) is 0 Å². The van der Waals surface area contributed by atoms with Gasteiger partial charge in [-0.3, -0.25) is 0 Å². The van der Waals surface area contributed by atoms with Crippen molar-refractivity contribution in [2.24, 2.45) is 0 Å². The van der Waals surface area contributed by atoms with Gasteiger partial charge in [0.15, 0.2) is 0 Å². The van der Waals surface area contributed by atoms with E-state index in [4.69, 9.17) is 11.6 Å². The molecule has 0 aliphatic heterocycles. The SMILES string of the molecule is O=S(=O)(NCc1ccc[nH]1)c1ccc(Cl)cc1Br. The molecular formula is C11H10BrClN2O2S. The third-order valence-electron chi connectivity index (χ3n) is 2.30. The maximum absolute atomic E-state index is 12.1. The zero-order valence-corrected chi connectivity index (χ0v) is 12.3. The van der Waals surface area contributed by atoms with Crippen LogP contribution in [-0.2, 0) is 16.6 Å². The van der Waals surface area contributed by atoms with E-state index in [9.17, 15) is 8.42 Å². The molecule has 1 aromatic carbocycles. The lowest BCUT2D eigenvalue weighted by molar-refractivity contribution is 0.580. The third-order valence-corrected chi connectivity index (χ3v) is 4.91. The Balaban J connectivity index is 2.20. The van der Waals surface area contributed by atoms with Gasteiger partial charge in [-0.25, -0.2) is 13.1 Å². The molecule has 18 heavy (non-hydrogen) atoms. The second kappa shape index (κ2) is 5.44. The average Bonchev–Trinajstić information content (AvgIpc) is 2.78. The number of hydrogen-bond donors (Lipinski definition) is 2. The monoisotopic (exact) mass is 348 g/mol. The summed E-state index contributed by atoms with van der Waals surface area (Å²) in [4.78, 5) is 3.09. The van der Waals surface area contributed by atoms with Crippen LogP contribution in [0.15, 0.2) is 45.9 Å². The Morgan fingerprint density at radius 2 is 2.11 bits per heavy atom. The first kappa shape index (κ1) is 13.6. The molecule has 0 fully saturated rings. The lowest BCUT2D eigenvalue weighted by Crippen LogP contribution is -2.23. The van der Waals surface area contributed by atoms with Crippen LogP contribution < -0.4 is 4.72 Å². The van der Waals surface area contributed by atoms with E-state index in [0.717, 1.165) is 5.69 Å². The van der Waals surface area contributed by atoms with Gasteiger partial charge in [-0.05, 0) is 46.3 Å². The molecule has 2 rings (SSSR count). The maximum atomic E-state index is 12.1. The van der Waals surface area contributed by atoms with Crippen molar-refractivity contribution < 1.29 is 8.42 Å². The van der Waals surface area contributed by atoms with Crippen LogP contribution in [0.3, 0.4) is 0 Å². The molecular weight excluding hydrogens is 340 g/mol. The van der Waals surface area contributed by atoms with Gasteiger partial charge in [-0.2, -0.15) is 0 Å². The van der Waals surface area contributed by atoms with Crippen LogP contribution in [-0.4, -0.2) is 13.4 Å². The second-order valence-electron chi connectivity index (χ2n) is 3.59. The Bertz CT molecular complexity index is 641. The highest BCUT2D eigenvalue weighted by Crippen LogP contribution is 2.25. The Hall–Kier alpha value is -0.820. The van der Waals surface area contributed by atoms with Crippen molar-refractivity contribution in [2.45, 2.75) is 11.4 Å². The molecule has 0 saturated heterocycles. The lowest BCUT2D eigenvalue weighted by atomic mass is 10.4. The molecule has 4 nitrogen and oxygen atoms in total. The van der Waals surface area contributed by atoms with Crippen LogP contribution in [0.5, 0.6) is 0 Å². The van der Waals surface area contributed by atoms with Crippen molar-refractivity contribution in [1.82, 2.24) is 9.71 Å². The normalized spacial score (nSPS) is 11.7. The molecule has 0 unspecified atom stereocenters. The number of aromatic amines is 1. The van der Waals surface area contributed by atoms with Crippen LogP contribution in [0, 0.1) is 0 Å². The summed E-state index contributed by atoms with van der Waals surface area (Å²) < 4.78 is 27.1. The lowest BCUT2D eigenvalue weighted by Gasteiger charge is -2.08. The molecule has 0 aliphatic rings. The van der Waals surface area contributed by atoms with Crippen LogP contribution in [0.2, 0.25) is 5.02 Å². The van der Waals surface area contributed by atoms with E-state index >= 15 is 0 Å². The van der Waals surface area contributed by atoms with Gasteiger partial charge in [-0.1, -0.05) is 11.6 Å². The largest absolute Gasteiger partial charge is 0.364 e. The number of halogens is 2. The maximum Gasteiger partial charge on any atom is 0.242 e. The summed E-state index contributed by atoms with van der Waals surface area (Å²) in [7, 11) is -3.56. The van der Waals surface area contributed by atoms with E-state index in [2.05, 4.69) is 25.6 Å². The highest BCUT2D eigenvalue weighted by molar-refractivity contribution is 9.10. The summed E-state index contributed by atoms with van der Waals surface area (Å²) in [6.45, 7) is 0.213. The minimum Gasteiger partial charge on any atom is -0.364 e. The highest BCUT2D eigenvalue weighted by atomic mass is 79.9. The van der Waals surface area contributed by atoms with Crippen molar-refractivity contribution >= 4 is 37.6 Å². The minimum absolute atomic E-state index is 0.165. The summed E-state index contributed by atoms with van der Waals surface area (Å²) in [6.07, 6.45) is 1.74. The molecule has 0 atom stereocenters. The Labute approximate surface area is 119 Å². The van der Waals surface area contributed by atoms with E-state index < -0.39 is 10.0 Å². The van der Waals surface area contributed by atoms with Crippen molar-refractivity contribution in [3.63, 3.8) is 0 Å². The van der Waals surface area contributed by atoms with Gasteiger partial charge in [0.2, 0.25) is 10.0 Å². The van der Waals surface area contributed by atoms with Gasteiger partial charge >= 0.3 is 0 Å². The summed E-state index contributed by atoms with van der Waals surface area (Å²) >= 11 is 8.97. The first-order valence-electron chi connectivity index (χ1n) is 5.06. The number of H-pyrrole nitrogens is 1. The molecule has 7 heteroatoms. The van der Waals surface area contributed by atoms with Crippen molar-refractivity contribution in [3.05, 3.63) is 51.7 Å². The molecule has 0 radical (unpaired) electrons. The molecule has 2 N–H and O–H groups in total. The number of rotatable bonds is 4. The number of hydrogen-bond acceptors (Lipinski definition) is 2. The molecule has 1 heterocycles. The van der Waals surface area contributed by atoms with Crippen molar-refractivity contribution in [2.75, 3.05) is 0 Å². The molecule has 0 aliphatic carbocycles. The standard InChI is InChI=1S/C11H10BrClN2O2S/c12-10-6-8(13)3-4-11(10)18(16,17)15-7-9-2-1-5-14-9/h1-6,14-15H,7H2. The number of sulfonamides is 1. The first-order chi connectivity index (χ1) is 8.49. The fourth-order valence-electron chi connectivity index (χ4n) is 1.42. The molecule has 0 saturated carbocycles. The second-order valence-corrected chi connectivity index (χ2v) is 6.62. The molecule has 0 bridgehead atoms. The van der Waals surface area contributed by atoms with Gasteiger partial charge < -0.3 is 4.98 Å². The molecule has 0 amide bonds. The van der Waals surface area contributed by atoms with Crippen LogP contribution in [0.1, 0.15) is 5.69 Å². The number of aromatic nitrogens is 1. The van der Waals surface area contributed by atoms with Gasteiger partial charge in [0.1, 0.15) is 0 Å². The predicted octanol–water partition coefficient (Wildman–Crippen LogP) is 2.91. The van der Waals surface area contributed by atoms with Crippen LogP contribution >= 0.6 is 27.5 Å². The number of nitrogens with one attached hydrogen (secondary N) is 2. The molecule has 2 aromatic rings. The molecule has 1 aromatic heterocycles. The van der Waals surface area contributed by atoms with Gasteiger partial charge in [-0.15, -0.1) is 0 Å². The van der Waals surface area contributed by atoms with Gasteiger partial charge in [0.05, 0.1) is 11.4 Å². The average molecular weight is 350 g/mol. The minimum atomic E-state index is -3.56. The zero-order chi connectivity index (χ0) is 13.2. The summed E-state index contributed by atoms with van der Waals surface area (Å²) in [6, 6.07) is 8.16. The summed E-state index contributed by atoms with van der Waals surface area (Å²) in [5.74, 6) is 0. The zero-order valence-electron chi connectivity index (χ0n) is 9.15. The summed E-state index contributed by atoms with van der Waals surface area (Å²) in [5, 5.41) is 0.477. The van der Waals surface area contributed by atoms with Crippen molar-refractivity contribution in [3.8, 4) is 0 Å². The smallest absolute Gasteiger partial charge is 0.242 e. The van der Waals surface area contributed by atoms with Crippen LogP contribution in [0.4, 0.5) is 0 Å². The first-order valence-corrected chi connectivity index (χ1v) is 7.71. The molecule has 0 spiro atoms. The van der Waals surface area contributed by atoms with E-state index in [1.807, 2.05) is 6.07 Å². The highest BCUT2D eigenvalue weighted by Gasteiger charge is 2.17. The Morgan fingerprint density at radius 3 is 2.72 bits per heavy atom. The van der Waals surface area contributed by atoms with E-state index in [-0.39, 0.29) is 11.4 Å². The van der Waals surface area contributed by atoms with E-state index in [1.165, 1.54) is 12.1 Å². The topological polar surface area (TPSA) is 62.0 Å². The Morgan fingerprint density at radius 1 is 1.33 bits per heavy atom. The van der Waals surface area contributed by atoms with E-state index in [1.54, 1.807) is 18.3 Å². The number of benzene rings is 1. The quantitative estimate of drug-likeness (QED) is 0.891. The van der Waals surface area contributed by atoms with E-state index in [0.29, 0.717) is 9.50 Å². The third kappa shape index (κ3) is 3.14. The van der Waals surface area contributed by atoms with Crippen molar-refractivity contribution in [1.29, 1.82) is 0 Å². The fourth-order valence-corrected chi connectivity index (χ4v) is 3.81. The van der Waals surface area contributed by atoms with Gasteiger partial charge in [0, 0.05) is 21.4 Å². The predicted molar refractivity (Wildman–Crippen MR) is 74.0 cm³/mol. The molecule has 96 valence electrons. The summed E-state index contributed by atoms with van der Waals surface area (Å²) in [5.41, 5.74) is 0.795.